The van der Waals surface area contributed by atoms with Crippen LogP contribution < -0.4 is 20.1 Å². The fourth-order valence-corrected chi connectivity index (χ4v) is 11.9. The third-order valence-corrected chi connectivity index (χ3v) is 17.1. The minimum atomic E-state index is -1.45. The highest BCUT2D eigenvalue weighted by atomic mass is 35.5. The van der Waals surface area contributed by atoms with E-state index < -0.39 is 16.1 Å². The van der Waals surface area contributed by atoms with Crippen molar-refractivity contribution in [3.05, 3.63) is 129 Å². The Hall–Kier alpha value is -5.15. The highest BCUT2D eigenvalue weighted by Crippen LogP contribution is 2.33. The largest absolute Gasteiger partial charge is 0.497 e. The number of unbranched alkanes of at least 4 members (excludes halogenated alkanes) is 1. The molecule has 10 nitrogen and oxygen atoms in total. The lowest BCUT2D eigenvalue weighted by atomic mass is 10.1. The molecule has 14 heteroatoms. The Labute approximate surface area is 396 Å². The van der Waals surface area contributed by atoms with Crippen LogP contribution in [0.15, 0.2) is 84.9 Å². The highest BCUT2D eigenvalue weighted by Gasteiger charge is 2.25. The topological polar surface area (TPSA) is 121 Å². The minimum absolute atomic E-state index is 0.0226. The summed E-state index contributed by atoms with van der Waals surface area (Å²) in [4.78, 5) is 52.4. The van der Waals surface area contributed by atoms with Crippen molar-refractivity contribution in [2.75, 3.05) is 26.9 Å². The van der Waals surface area contributed by atoms with Crippen LogP contribution in [-0.4, -0.2) is 75.8 Å². The molecule has 2 N–H and O–H groups in total. The van der Waals surface area contributed by atoms with E-state index in [1.165, 1.54) is 12.1 Å². The van der Waals surface area contributed by atoms with E-state index in [0.717, 1.165) is 69.8 Å². The quantitative estimate of drug-likeness (QED) is 0.0694. The summed E-state index contributed by atoms with van der Waals surface area (Å²) < 4.78 is 14.2. The minimum Gasteiger partial charge on any atom is -0.497 e. The second-order valence-corrected chi connectivity index (χ2v) is 30.3. The van der Waals surface area contributed by atoms with E-state index in [9.17, 15) is 19.2 Å². The number of hydrogen-bond donors (Lipinski definition) is 2. The first-order chi connectivity index (χ1) is 30.8. The monoisotopic (exact) mass is 954 g/mol. The summed E-state index contributed by atoms with van der Waals surface area (Å²) in [5.41, 5.74) is 5.78. The first-order valence-electron chi connectivity index (χ1n) is 22.3. The molecule has 0 radical (unpaired) electrons. The zero-order chi connectivity index (χ0) is 47.6. The number of benzene rings is 4. The van der Waals surface area contributed by atoms with E-state index in [-0.39, 0.29) is 36.5 Å². The predicted molar refractivity (Wildman–Crippen MR) is 272 cm³/mol. The number of ether oxygens (including phenoxy) is 2. The number of halogens is 2. The standard InChI is InChI=1S/C26H33ClN2O3Si.C25H31ClN2O3Si/c1-18-22(17-25(30)28-14-6-7-15-33(3,4)5)23-16-21(32-2)12-13-24(23)29(18)26(31)19-8-10-20(27)11-9-19;1-6-13-32(4,5)16-27-24(29)15-21-17(2)28(23-12-11-20(31-3)14-22(21)23)25(30)18-7-9-19(26)10-8-18/h8-13,16H,6-7,14-15,17H2,1-5H3,(H,28,30);7-12,14H,6,13,15-16H2,1-5H3,(H,27,29). The molecule has 0 saturated heterocycles. The Kier molecular flexibility index (Phi) is 17.5. The summed E-state index contributed by atoms with van der Waals surface area (Å²) in [7, 11) is 0.719. The normalized spacial score (nSPS) is 11.6. The van der Waals surface area contributed by atoms with Crippen molar-refractivity contribution >= 4 is 84.8 Å². The van der Waals surface area contributed by atoms with Gasteiger partial charge in [-0.1, -0.05) is 87.8 Å². The molecule has 0 aliphatic carbocycles. The number of amides is 2. The van der Waals surface area contributed by atoms with Gasteiger partial charge in [-0.25, -0.2) is 0 Å². The van der Waals surface area contributed by atoms with Gasteiger partial charge in [0.05, 0.1) is 46.2 Å². The third-order valence-electron chi connectivity index (χ3n) is 11.7. The van der Waals surface area contributed by atoms with Gasteiger partial charge in [-0.2, -0.15) is 0 Å². The van der Waals surface area contributed by atoms with Gasteiger partial charge in [-0.05, 0) is 116 Å². The Bertz CT molecular complexity index is 2650. The predicted octanol–water partition coefficient (Wildman–Crippen LogP) is 11.7. The van der Waals surface area contributed by atoms with E-state index in [0.29, 0.717) is 39.2 Å². The maximum atomic E-state index is 13.4. The molecule has 2 aromatic heterocycles. The summed E-state index contributed by atoms with van der Waals surface area (Å²) in [6.07, 6.45) is 4.44. The maximum Gasteiger partial charge on any atom is 0.262 e. The highest BCUT2D eigenvalue weighted by molar-refractivity contribution is 6.77. The van der Waals surface area contributed by atoms with E-state index in [1.807, 2.05) is 50.2 Å². The van der Waals surface area contributed by atoms with Gasteiger partial charge in [0.25, 0.3) is 11.8 Å². The molecule has 0 aliphatic rings. The second kappa shape index (κ2) is 22.4. The van der Waals surface area contributed by atoms with Gasteiger partial charge in [0.1, 0.15) is 11.5 Å². The molecule has 65 heavy (non-hydrogen) atoms. The fraction of sp³-hybridized carbons (Fsp3) is 0.373. The van der Waals surface area contributed by atoms with Crippen molar-refractivity contribution in [2.45, 2.75) is 97.7 Å². The zero-order valence-corrected chi connectivity index (χ0v) is 43.1. The molecular weight excluding hydrogens is 892 g/mol. The van der Waals surface area contributed by atoms with Crippen LogP contribution in [0.2, 0.25) is 54.9 Å². The Balaban J connectivity index is 0.000000244. The van der Waals surface area contributed by atoms with Crippen molar-refractivity contribution in [3.8, 4) is 11.5 Å². The molecule has 6 rings (SSSR count). The van der Waals surface area contributed by atoms with E-state index in [1.54, 1.807) is 71.9 Å². The van der Waals surface area contributed by atoms with E-state index in [4.69, 9.17) is 32.7 Å². The molecule has 6 aromatic rings. The van der Waals surface area contributed by atoms with E-state index >= 15 is 0 Å². The molecule has 4 aromatic carbocycles. The van der Waals surface area contributed by atoms with Gasteiger partial charge in [0.2, 0.25) is 11.8 Å². The number of fused-ring (bicyclic) bond motifs is 2. The molecule has 2 amide bonds. The zero-order valence-electron chi connectivity index (χ0n) is 39.5. The van der Waals surface area contributed by atoms with Crippen LogP contribution in [0.25, 0.3) is 21.8 Å². The van der Waals surface area contributed by atoms with Gasteiger partial charge in [0.15, 0.2) is 0 Å². The third kappa shape index (κ3) is 13.2. The smallest absolute Gasteiger partial charge is 0.262 e. The molecular formula is C51H64Cl2N4O6Si2. The van der Waals surface area contributed by atoms with Crippen molar-refractivity contribution in [3.63, 3.8) is 0 Å². The van der Waals surface area contributed by atoms with Crippen LogP contribution in [0.3, 0.4) is 0 Å². The van der Waals surface area contributed by atoms with Gasteiger partial charge in [0, 0.05) is 64.1 Å². The molecule has 0 atom stereocenters. The maximum absolute atomic E-state index is 13.4. The second-order valence-electron chi connectivity index (χ2n) is 18.6. The Morgan fingerprint density at radius 2 is 1.03 bits per heavy atom. The van der Waals surface area contributed by atoms with Gasteiger partial charge in [-0.15, -0.1) is 0 Å². The summed E-state index contributed by atoms with van der Waals surface area (Å²) in [6, 6.07) is 27.3. The molecule has 2 heterocycles. The average Bonchev–Trinajstić information content (AvgIpc) is 3.69. The van der Waals surface area contributed by atoms with Gasteiger partial charge in [-0.3, -0.25) is 28.3 Å². The molecule has 0 unspecified atom stereocenters. The lowest BCUT2D eigenvalue weighted by Crippen LogP contribution is -2.42. The SMILES string of the molecule is CCC[Si](C)(C)CNC(=O)Cc1c(C)n(C(=O)c2ccc(Cl)cc2)c2ccc(OC)cc12.COc1ccc2c(c1)c(CC(=O)NCCCC[Si](C)(C)C)c(C)n2C(=O)c1ccc(Cl)cc1. The summed E-state index contributed by atoms with van der Waals surface area (Å²) in [5, 5.41) is 9.04. The Morgan fingerprint density at radius 1 is 0.600 bits per heavy atom. The van der Waals surface area contributed by atoms with Crippen molar-refractivity contribution in [1.82, 2.24) is 19.8 Å². The van der Waals surface area contributed by atoms with Crippen LogP contribution in [0.4, 0.5) is 0 Å². The number of methoxy groups -OCH3 is 2. The summed E-state index contributed by atoms with van der Waals surface area (Å²) >= 11 is 12.0. The molecule has 0 spiro atoms. The molecule has 0 aliphatic heterocycles. The van der Waals surface area contributed by atoms with Crippen LogP contribution in [0, 0.1) is 13.8 Å². The molecule has 0 bridgehead atoms. The lowest BCUT2D eigenvalue weighted by Gasteiger charge is -2.22. The van der Waals surface area contributed by atoms with Crippen LogP contribution in [0.1, 0.15) is 69.4 Å². The van der Waals surface area contributed by atoms with Crippen molar-refractivity contribution < 1.29 is 28.7 Å². The lowest BCUT2D eigenvalue weighted by molar-refractivity contribution is -0.121. The van der Waals surface area contributed by atoms with Crippen molar-refractivity contribution in [1.29, 1.82) is 0 Å². The Morgan fingerprint density at radius 3 is 1.43 bits per heavy atom. The molecule has 0 fully saturated rings. The summed E-state index contributed by atoms with van der Waals surface area (Å²) in [5.74, 6) is 1.01. The number of nitrogens with one attached hydrogen (secondary N) is 2. The number of rotatable bonds is 17. The number of carbonyl (C=O) groups is 4. The van der Waals surface area contributed by atoms with Crippen LogP contribution in [0.5, 0.6) is 11.5 Å². The average molecular weight is 956 g/mol. The molecule has 346 valence electrons. The number of nitrogens with zero attached hydrogens (tertiary/aromatic N) is 2. The first-order valence-corrected chi connectivity index (χ1v) is 30.1. The number of aromatic nitrogens is 2. The van der Waals surface area contributed by atoms with Gasteiger partial charge >= 0.3 is 0 Å². The number of carbonyl (C=O) groups excluding carboxylic acids is 4. The molecule has 0 saturated carbocycles. The van der Waals surface area contributed by atoms with Crippen LogP contribution >= 0.6 is 23.2 Å². The fourth-order valence-electron chi connectivity index (χ4n) is 8.15. The van der Waals surface area contributed by atoms with Gasteiger partial charge < -0.3 is 20.1 Å². The first kappa shape index (κ1) is 50.8. The van der Waals surface area contributed by atoms with Crippen LogP contribution in [-0.2, 0) is 22.4 Å². The summed E-state index contributed by atoms with van der Waals surface area (Å²) in [6.45, 7) is 18.3. The van der Waals surface area contributed by atoms with E-state index in [2.05, 4.69) is 50.3 Å². The van der Waals surface area contributed by atoms with Crippen molar-refractivity contribution in [2.24, 2.45) is 0 Å². The number of hydrogen-bond acceptors (Lipinski definition) is 6.